The summed E-state index contributed by atoms with van der Waals surface area (Å²) in [6.07, 6.45) is 2.32. The Hall–Kier alpha value is -1.05. The summed E-state index contributed by atoms with van der Waals surface area (Å²) in [4.78, 5) is 0. The molecule has 0 atom stereocenters. The summed E-state index contributed by atoms with van der Waals surface area (Å²) < 4.78 is 13.3. The van der Waals surface area contributed by atoms with Crippen molar-refractivity contribution in [2.45, 2.75) is 32.7 Å². The second-order valence-electron chi connectivity index (χ2n) is 4.40. The minimum Gasteiger partial charge on any atom is -0.380 e. The van der Waals surface area contributed by atoms with Crippen molar-refractivity contribution in [2.24, 2.45) is 5.92 Å². The van der Waals surface area contributed by atoms with Gasteiger partial charge in [-0.05, 0) is 43.4 Å². The number of rotatable bonds is 2. The van der Waals surface area contributed by atoms with E-state index in [-0.39, 0.29) is 5.82 Å². The minimum atomic E-state index is -0.143. The molecule has 0 radical (unpaired) electrons. The van der Waals surface area contributed by atoms with Crippen molar-refractivity contribution in [3.8, 4) is 0 Å². The Morgan fingerprint density at radius 3 is 2.71 bits per heavy atom. The van der Waals surface area contributed by atoms with Gasteiger partial charge in [0.05, 0.1) is 5.69 Å². The third kappa shape index (κ3) is 1.89. The van der Waals surface area contributed by atoms with Gasteiger partial charge in [0, 0.05) is 6.04 Å². The van der Waals surface area contributed by atoms with Crippen molar-refractivity contribution in [2.75, 3.05) is 5.32 Å². The summed E-state index contributed by atoms with van der Waals surface area (Å²) in [5, 5.41) is 3.24. The highest BCUT2D eigenvalue weighted by atomic mass is 19.1. The number of anilines is 1. The van der Waals surface area contributed by atoms with Gasteiger partial charge in [0.15, 0.2) is 0 Å². The fourth-order valence-electron chi connectivity index (χ4n) is 1.99. The Morgan fingerprint density at radius 1 is 1.36 bits per heavy atom. The molecule has 0 aliphatic heterocycles. The molecule has 0 bridgehead atoms. The van der Waals surface area contributed by atoms with Crippen molar-refractivity contribution >= 4 is 5.69 Å². The van der Waals surface area contributed by atoms with Gasteiger partial charge in [-0.25, -0.2) is 4.39 Å². The van der Waals surface area contributed by atoms with Crippen LogP contribution in [0, 0.1) is 18.7 Å². The Bertz CT molecular complexity index is 329. The molecule has 1 aromatic carbocycles. The predicted molar refractivity (Wildman–Crippen MR) is 56.9 cm³/mol. The van der Waals surface area contributed by atoms with Gasteiger partial charge in [0.2, 0.25) is 0 Å². The van der Waals surface area contributed by atoms with Crippen LogP contribution in [0.25, 0.3) is 0 Å². The Labute approximate surface area is 84.3 Å². The lowest BCUT2D eigenvalue weighted by Crippen LogP contribution is -2.34. The molecular formula is C12H16FN. The zero-order valence-electron chi connectivity index (χ0n) is 8.68. The fraction of sp³-hybridized carbons (Fsp3) is 0.500. The molecule has 1 fully saturated rings. The molecule has 1 aliphatic carbocycles. The van der Waals surface area contributed by atoms with E-state index in [9.17, 15) is 4.39 Å². The first kappa shape index (κ1) is 9.50. The van der Waals surface area contributed by atoms with E-state index in [1.165, 1.54) is 6.07 Å². The van der Waals surface area contributed by atoms with Crippen LogP contribution in [0.2, 0.25) is 0 Å². The number of benzene rings is 1. The third-order valence-electron chi connectivity index (χ3n) is 2.86. The molecule has 1 aliphatic rings. The highest BCUT2D eigenvalue weighted by molar-refractivity contribution is 5.48. The van der Waals surface area contributed by atoms with E-state index in [2.05, 4.69) is 12.2 Å². The third-order valence-corrected chi connectivity index (χ3v) is 2.86. The van der Waals surface area contributed by atoms with Crippen LogP contribution < -0.4 is 5.32 Å². The van der Waals surface area contributed by atoms with Crippen molar-refractivity contribution in [1.82, 2.24) is 0 Å². The van der Waals surface area contributed by atoms with Crippen molar-refractivity contribution < 1.29 is 4.39 Å². The summed E-state index contributed by atoms with van der Waals surface area (Å²) in [6.45, 7) is 4.21. The first-order valence-corrected chi connectivity index (χ1v) is 5.18. The summed E-state index contributed by atoms with van der Waals surface area (Å²) in [5.41, 5.74) is 1.75. The Kier molecular flexibility index (Phi) is 2.44. The molecule has 1 N–H and O–H groups in total. The summed E-state index contributed by atoms with van der Waals surface area (Å²) in [7, 11) is 0. The standard InChI is InChI=1S/C12H16FN/c1-8-3-4-11(13)12(7-8)14-10-5-9(2)6-10/h3-4,7,9-10,14H,5-6H2,1-2H3. The van der Waals surface area contributed by atoms with Crippen LogP contribution in [0.3, 0.4) is 0 Å². The van der Waals surface area contributed by atoms with Crippen LogP contribution >= 0.6 is 0 Å². The second-order valence-corrected chi connectivity index (χ2v) is 4.40. The zero-order chi connectivity index (χ0) is 10.1. The van der Waals surface area contributed by atoms with E-state index in [4.69, 9.17) is 0 Å². The van der Waals surface area contributed by atoms with Gasteiger partial charge in [-0.1, -0.05) is 13.0 Å². The van der Waals surface area contributed by atoms with Crippen LogP contribution in [0.15, 0.2) is 18.2 Å². The molecule has 0 saturated heterocycles. The molecule has 0 spiro atoms. The smallest absolute Gasteiger partial charge is 0.146 e. The van der Waals surface area contributed by atoms with Crippen molar-refractivity contribution in [3.63, 3.8) is 0 Å². The van der Waals surface area contributed by atoms with Crippen LogP contribution in [-0.2, 0) is 0 Å². The summed E-state index contributed by atoms with van der Waals surface area (Å²) >= 11 is 0. The maximum atomic E-state index is 13.3. The van der Waals surface area contributed by atoms with Gasteiger partial charge < -0.3 is 5.32 Å². The minimum absolute atomic E-state index is 0.143. The summed E-state index contributed by atoms with van der Waals surface area (Å²) in [6, 6.07) is 5.67. The number of nitrogens with one attached hydrogen (secondary N) is 1. The van der Waals surface area contributed by atoms with Gasteiger partial charge in [0.1, 0.15) is 5.82 Å². The van der Waals surface area contributed by atoms with Gasteiger partial charge in [-0.15, -0.1) is 0 Å². The van der Waals surface area contributed by atoms with E-state index in [0.717, 1.165) is 24.3 Å². The van der Waals surface area contributed by atoms with Crippen LogP contribution in [0.4, 0.5) is 10.1 Å². The highest BCUT2D eigenvalue weighted by Gasteiger charge is 2.25. The monoisotopic (exact) mass is 193 g/mol. The van der Waals surface area contributed by atoms with Crippen LogP contribution in [-0.4, -0.2) is 6.04 Å². The average Bonchev–Trinajstić information content (AvgIpc) is 2.09. The summed E-state index contributed by atoms with van der Waals surface area (Å²) in [5.74, 6) is 0.649. The lowest BCUT2D eigenvalue weighted by Gasteiger charge is -2.34. The maximum absolute atomic E-state index is 13.3. The SMILES string of the molecule is Cc1ccc(F)c(NC2CC(C)C2)c1. The maximum Gasteiger partial charge on any atom is 0.146 e. The van der Waals surface area contributed by atoms with Crippen LogP contribution in [0.5, 0.6) is 0 Å². The van der Waals surface area contributed by atoms with Gasteiger partial charge in [-0.3, -0.25) is 0 Å². The number of hydrogen-bond acceptors (Lipinski definition) is 1. The topological polar surface area (TPSA) is 12.0 Å². The molecule has 2 rings (SSSR count). The number of halogens is 1. The van der Waals surface area contributed by atoms with E-state index in [1.54, 1.807) is 6.07 Å². The molecule has 0 aromatic heterocycles. The molecule has 0 unspecified atom stereocenters. The molecule has 1 saturated carbocycles. The Morgan fingerprint density at radius 2 is 2.07 bits per heavy atom. The zero-order valence-corrected chi connectivity index (χ0v) is 8.68. The molecule has 1 nitrogen and oxygen atoms in total. The quantitative estimate of drug-likeness (QED) is 0.759. The average molecular weight is 193 g/mol. The van der Waals surface area contributed by atoms with Crippen molar-refractivity contribution in [1.29, 1.82) is 0 Å². The molecule has 2 heteroatoms. The normalized spacial score (nSPS) is 25.6. The first-order valence-electron chi connectivity index (χ1n) is 5.18. The Balaban J connectivity index is 2.05. The van der Waals surface area contributed by atoms with Gasteiger partial charge in [-0.2, -0.15) is 0 Å². The molecular weight excluding hydrogens is 177 g/mol. The number of hydrogen-bond donors (Lipinski definition) is 1. The fourth-order valence-corrected chi connectivity index (χ4v) is 1.99. The molecule has 0 heterocycles. The lowest BCUT2D eigenvalue weighted by molar-refractivity contribution is 0.308. The molecule has 14 heavy (non-hydrogen) atoms. The van der Waals surface area contributed by atoms with E-state index >= 15 is 0 Å². The lowest BCUT2D eigenvalue weighted by atomic mass is 9.82. The van der Waals surface area contributed by atoms with E-state index < -0.39 is 0 Å². The van der Waals surface area contributed by atoms with E-state index in [0.29, 0.717) is 11.7 Å². The van der Waals surface area contributed by atoms with Gasteiger partial charge in [0.25, 0.3) is 0 Å². The number of aryl methyl sites for hydroxylation is 1. The molecule has 76 valence electrons. The van der Waals surface area contributed by atoms with Crippen molar-refractivity contribution in [3.05, 3.63) is 29.6 Å². The molecule has 1 aromatic rings. The highest BCUT2D eigenvalue weighted by Crippen LogP contribution is 2.30. The molecule has 0 amide bonds. The largest absolute Gasteiger partial charge is 0.380 e. The van der Waals surface area contributed by atoms with Gasteiger partial charge >= 0.3 is 0 Å². The second kappa shape index (κ2) is 3.60. The van der Waals surface area contributed by atoms with Crippen LogP contribution in [0.1, 0.15) is 25.3 Å². The van der Waals surface area contributed by atoms with E-state index in [1.807, 2.05) is 13.0 Å². The predicted octanol–water partition coefficient (Wildman–Crippen LogP) is 3.34. The first-order chi connectivity index (χ1) is 6.65.